The number of benzene rings is 1. The third-order valence-corrected chi connectivity index (χ3v) is 4.94. The van der Waals surface area contributed by atoms with E-state index in [-0.39, 0.29) is 6.04 Å². The maximum atomic E-state index is 5.98. The first-order chi connectivity index (χ1) is 9.72. The Morgan fingerprint density at radius 3 is 2.85 bits per heavy atom. The van der Waals surface area contributed by atoms with Crippen molar-refractivity contribution in [2.75, 3.05) is 5.32 Å². The van der Waals surface area contributed by atoms with E-state index in [1.54, 1.807) is 22.7 Å². The molecule has 0 aliphatic carbocycles. The van der Waals surface area contributed by atoms with Crippen molar-refractivity contribution in [2.45, 2.75) is 13.0 Å². The van der Waals surface area contributed by atoms with Gasteiger partial charge in [-0.3, -0.25) is 0 Å². The fourth-order valence-electron chi connectivity index (χ4n) is 1.99. The number of aromatic nitrogens is 1. The van der Waals surface area contributed by atoms with Gasteiger partial charge in [0, 0.05) is 28.9 Å². The van der Waals surface area contributed by atoms with E-state index in [0.717, 1.165) is 20.6 Å². The van der Waals surface area contributed by atoms with Crippen molar-refractivity contribution in [1.29, 1.82) is 0 Å². The van der Waals surface area contributed by atoms with Crippen molar-refractivity contribution in [3.05, 3.63) is 57.2 Å². The zero-order valence-electron chi connectivity index (χ0n) is 10.8. The van der Waals surface area contributed by atoms with Crippen LogP contribution in [-0.4, -0.2) is 4.98 Å². The van der Waals surface area contributed by atoms with E-state index in [1.807, 2.05) is 23.7 Å². The highest BCUT2D eigenvalue weighted by molar-refractivity contribution is 7.14. The van der Waals surface area contributed by atoms with Crippen molar-refractivity contribution in [1.82, 2.24) is 4.98 Å². The van der Waals surface area contributed by atoms with Crippen LogP contribution in [0.15, 0.2) is 47.3 Å². The monoisotopic (exact) mass is 320 g/mol. The summed E-state index contributed by atoms with van der Waals surface area (Å²) in [6.45, 7) is 2.13. The van der Waals surface area contributed by atoms with E-state index in [1.165, 1.54) is 5.56 Å². The fraction of sp³-hybridized carbons (Fsp3) is 0.133. The summed E-state index contributed by atoms with van der Waals surface area (Å²) in [6, 6.07) is 10.6. The average molecular weight is 321 g/mol. The second kappa shape index (κ2) is 5.95. The van der Waals surface area contributed by atoms with E-state index >= 15 is 0 Å². The fourth-order valence-corrected chi connectivity index (χ4v) is 3.61. The molecule has 2 heterocycles. The zero-order valence-corrected chi connectivity index (χ0v) is 13.2. The smallest absolute Gasteiger partial charge is 0.123 e. The lowest BCUT2D eigenvalue weighted by Crippen LogP contribution is -2.05. The normalized spacial score (nSPS) is 12.3. The molecule has 5 heteroatoms. The maximum Gasteiger partial charge on any atom is 0.123 e. The minimum absolute atomic E-state index is 0.227. The molecule has 1 atom stereocenters. The zero-order chi connectivity index (χ0) is 13.9. The van der Waals surface area contributed by atoms with Crippen LogP contribution in [0, 0.1) is 0 Å². The van der Waals surface area contributed by atoms with Crippen LogP contribution in [0.1, 0.15) is 18.5 Å². The largest absolute Gasteiger partial charge is 0.378 e. The lowest BCUT2D eigenvalue weighted by molar-refractivity contribution is 0.891. The van der Waals surface area contributed by atoms with E-state index in [9.17, 15) is 0 Å². The Kier molecular flexibility index (Phi) is 4.05. The van der Waals surface area contributed by atoms with Crippen molar-refractivity contribution < 1.29 is 0 Å². The molecule has 0 fully saturated rings. The maximum absolute atomic E-state index is 5.98. The lowest BCUT2D eigenvalue weighted by atomic mass is 10.1. The SMILES string of the molecule is CC(Nc1cccc(-c2nccs2)c1)c1csc(Cl)c1. The van der Waals surface area contributed by atoms with Gasteiger partial charge in [-0.05, 0) is 36.1 Å². The summed E-state index contributed by atoms with van der Waals surface area (Å²) in [4.78, 5) is 4.34. The second-order valence-corrected chi connectivity index (χ2v) is 6.91. The quantitative estimate of drug-likeness (QED) is 0.667. The van der Waals surface area contributed by atoms with Crippen LogP contribution in [-0.2, 0) is 0 Å². The summed E-state index contributed by atoms with van der Waals surface area (Å²) in [5.74, 6) is 0. The molecule has 0 saturated heterocycles. The molecule has 3 rings (SSSR count). The Labute approximate surface area is 131 Å². The van der Waals surface area contributed by atoms with Crippen molar-refractivity contribution >= 4 is 40.0 Å². The molecule has 0 radical (unpaired) electrons. The minimum Gasteiger partial charge on any atom is -0.378 e. The Morgan fingerprint density at radius 2 is 2.15 bits per heavy atom. The minimum atomic E-state index is 0.227. The molecule has 0 aliphatic heterocycles. The molecule has 1 N–H and O–H groups in total. The Bertz CT molecular complexity index is 691. The Balaban J connectivity index is 1.79. The molecular weight excluding hydrogens is 308 g/mol. The molecule has 0 amide bonds. The van der Waals surface area contributed by atoms with Gasteiger partial charge in [0.05, 0.1) is 4.34 Å². The molecule has 102 valence electrons. The van der Waals surface area contributed by atoms with E-state index in [4.69, 9.17) is 11.6 Å². The number of thiazole rings is 1. The van der Waals surface area contributed by atoms with Gasteiger partial charge in [-0.25, -0.2) is 4.98 Å². The van der Waals surface area contributed by atoms with Gasteiger partial charge in [0.15, 0.2) is 0 Å². The first-order valence-electron chi connectivity index (χ1n) is 6.23. The summed E-state index contributed by atoms with van der Waals surface area (Å²) >= 11 is 9.19. The third kappa shape index (κ3) is 3.03. The first-order valence-corrected chi connectivity index (χ1v) is 8.36. The number of nitrogens with zero attached hydrogens (tertiary/aromatic N) is 1. The van der Waals surface area contributed by atoms with Gasteiger partial charge in [0.1, 0.15) is 5.01 Å². The summed E-state index contributed by atoms with van der Waals surface area (Å²) in [5, 5.41) is 8.62. The van der Waals surface area contributed by atoms with Crippen LogP contribution in [0.5, 0.6) is 0 Å². The molecule has 20 heavy (non-hydrogen) atoms. The van der Waals surface area contributed by atoms with Crippen LogP contribution < -0.4 is 5.32 Å². The molecule has 1 unspecified atom stereocenters. The molecule has 0 bridgehead atoms. The van der Waals surface area contributed by atoms with E-state index in [2.05, 4.69) is 40.8 Å². The van der Waals surface area contributed by atoms with Crippen LogP contribution in [0.3, 0.4) is 0 Å². The number of thiophene rings is 1. The number of hydrogen-bond acceptors (Lipinski definition) is 4. The standard InChI is InChI=1S/C15H13ClN2S2/c1-10(12-8-14(16)20-9-12)18-13-4-2-3-11(7-13)15-17-5-6-19-15/h2-10,18H,1H3. The van der Waals surface area contributed by atoms with Gasteiger partial charge in [-0.2, -0.15) is 0 Å². The molecule has 0 spiro atoms. The topological polar surface area (TPSA) is 24.9 Å². The predicted octanol–water partition coefficient (Wildman–Crippen LogP) is 5.70. The Morgan fingerprint density at radius 1 is 1.25 bits per heavy atom. The van der Waals surface area contributed by atoms with E-state index < -0.39 is 0 Å². The van der Waals surface area contributed by atoms with Gasteiger partial charge in [0.2, 0.25) is 0 Å². The number of hydrogen-bond donors (Lipinski definition) is 1. The molecule has 2 nitrogen and oxygen atoms in total. The second-order valence-electron chi connectivity index (χ2n) is 4.47. The average Bonchev–Trinajstić information content (AvgIpc) is 3.10. The summed E-state index contributed by atoms with van der Waals surface area (Å²) in [7, 11) is 0. The number of anilines is 1. The molecule has 0 saturated carbocycles. The molecule has 0 aliphatic rings. The first kappa shape index (κ1) is 13.6. The summed E-state index contributed by atoms with van der Waals surface area (Å²) < 4.78 is 0.824. The molecule has 2 aromatic heterocycles. The predicted molar refractivity (Wildman–Crippen MR) is 88.9 cm³/mol. The lowest BCUT2D eigenvalue weighted by Gasteiger charge is -2.14. The van der Waals surface area contributed by atoms with Crippen LogP contribution in [0.25, 0.3) is 10.6 Å². The van der Waals surface area contributed by atoms with Gasteiger partial charge in [-0.1, -0.05) is 23.7 Å². The van der Waals surface area contributed by atoms with Crippen molar-refractivity contribution in [3.8, 4) is 10.6 Å². The summed E-state index contributed by atoms with van der Waals surface area (Å²) in [6.07, 6.45) is 1.83. The highest BCUT2D eigenvalue weighted by Gasteiger charge is 2.08. The van der Waals surface area contributed by atoms with E-state index in [0.29, 0.717) is 0 Å². The van der Waals surface area contributed by atoms with Gasteiger partial charge < -0.3 is 5.32 Å². The van der Waals surface area contributed by atoms with Crippen molar-refractivity contribution in [2.24, 2.45) is 0 Å². The highest BCUT2D eigenvalue weighted by atomic mass is 35.5. The molecule has 1 aromatic carbocycles. The van der Waals surface area contributed by atoms with Gasteiger partial charge in [-0.15, -0.1) is 22.7 Å². The molecular formula is C15H13ClN2S2. The highest BCUT2D eigenvalue weighted by Crippen LogP contribution is 2.29. The van der Waals surface area contributed by atoms with Gasteiger partial charge >= 0.3 is 0 Å². The molecule has 3 aromatic rings. The third-order valence-electron chi connectivity index (χ3n) is 3.01. The van der Waals surface area contributed by atoms with Gasteiger partial charge in [0.25, 0.3) is 0 Å². The number of halogens is 1. The van der Waals surface area contributed by atoms with Crippen LogP contribution in [0.4, 0.5) is 5.69 Å². The van der Waals surface area contributed by atoms with Crippen LogP contribution in [0.2, 0.25) is 4.34 Å². The van der Waals surface area contributed by atoms with Crippen LogP contribution >= 0.6 is 34.3 Å². The summed E-state index contributed by atoms with van der Waals surface area (Å²) in [5.41, 5.74) is 3.44. The van der Waals surface area contributed by atoms with Crippen molar-refractivity contribution in [3.63, 3.8) is 0 Å². The Hall–Kier alpha value is -1.36. The number of nitrogens with one attached hydrogen (secondary N) is 1. The number of rotatable bonds is 4.